The molecule has 4 aromatic rings. The zero-order valence-electron chi connectivity index (χ0n) is 20.5. The monoisotopic (exact) mass is 448 g/mol. The molecule has 0 saturated heterocycles. The topological polar surface area (TPSA) is 52.0 Å². The lowest BCUT2D eigenvalue weighted by molar-refractivity contribution is 0.795. The van der Waals surface area contributed by atoms with Crippen molar-refractivity contribution in [3.05, 3.63) is 96.1 Å². The molecule has 0 fully saturated rings. The lowest BCUT2D eigenvalue weighted by Crippen LogP contribution is -1.97. The van der Waals surface area contributed by atoms with Crippen LogP contribution in [0.4, 0.5) is 11.4 Å². The van der Waals surface area contributed by atoms with Crippen LogP contribution in [0.1, 0.15) is 50.7 Å². The highest BCUT2D eigenvalue weighted by molar-refractivity contribution is 5.99. The molecule has 0 aliphatic carbocycles. The van der Waals surface area contributed by atoms with Crippen LogP contribution >= 0.6 is 0 Å². The summed E-state index contributed by atoms with van der Waals surface area (Å²) >= 11 is 0. The van der Waals surface area contributed by atoms with Crippen LogP contribution in [0.15, 0.2) is 84.9 Å². The third-order valence-electron chi connectivity index (χ3n) is 6.58. The van der Waals surface area contributed by atoms with Gasteiger partial charge in [-0.1, -0.05) is 93.4 Å². The standard InChI is InChI=1S/C32H36N2/c1-3-5-7-23-9-13-26(14-10-23)31-29(25-17-19-28(33)20-18-25)21-22-30(34)32(31)27-15-11-24(12-16-27)8-6-4-2/h9-22H,3-8,33-34H2,1-2H3. The maximum atomic E-state index is 6.66. The molecule has 0 aliphatic rings. The van der Waals surface area contributed by atoms with E-state index in [2.05, 4.69) is 80.6 Å². The number of nitrogens with two attached hydrogens (primary N) is 2. The maximum absolute atomic E-state index is 6.66. The number of anilines is 2. The molecule has 0 atom stereocenters. The predicted molar refractivity (Wildman–Crippen MR) is 149 cm³/mol. The first-order valence-corrected chi connectivity index (χ1v) is 12.6. The first-order valence-electron chi connectivity index (χ1n) is 12.6. The van der Waals surface area contributed by atoms with E-state index in [0.717, 1.165) is 40.9 Å². The van der Waals surface area contributed by atoms with Gasteiger partial charge >= 0.3 is 0 Å². The van der Waals surface area contributed by atoms with Crippen molar-refractivity contribution in [2.75, 3.05) is 11.5 Å². The fourth-order valence-corrected chi connectivity index (χ4v) is 4.57. The van der Waals surface area contributed by atoms with Crippen LogP contribution in [0.3, 0.4) is 0 Å². The molecule has 0 aliphatic heterocycles. The van der Waals surface area contributed by atoms with Crippen molar-refractivity contribution in [2.45, 2.75) is 52.4 Å². The Bertz CT molecular complexity index is 1200. The van der Waals surface area contributed by atoms with E-state index in [-0.39, 0.29) is 0 Å². The summed E-state index contributed by atoms with van der Waals surface area (Å²) in [6, 6.07) is 30.3. The summed E-state index contributed by atoms with van der Waals surface area (Å²) in [7, 11) is 0. The minimum Gasteiger partial charge on any atom is -0.399 e. The van der Waals surface area contributed by atoms with Crippen LogP contribution < -0.4 is 11.5 Å². The molecule has 0 bridgehead atoms. The summed E-state index contributed by atoms with van der Waals surface area (Å²) in [5.41, 5.74) is 23.9. The number of hydrogen-bond donors (Lipinski definition) is 2. The minimum absolute atomic E-state index is 0.768. The van der Waals surface area contributed by atoms with E-state index in [1.54, 1.807) is 0 Å². The van der Waals surface area contributed by atoms with Gasteiger partial charge in [-0.3, -0.25) is 0 Å². The van der Waals surface area contributed by atoms with Crippen molar-refractivity contribution < 1.29 is 0 Å². The summed E-state index contributed by atoms with van der Waals surface area (Å²) in [6.07, 6.45) is 7.06. The molecule has 34 heavy (non-hydrogen) atoms. The molecule has 0 unspecified atom stereocenters. The normalized spacial score (nSPS) is 11.0. The van der Waals surface area contributed by atoms with E-state index in [4.69, 9.17) is 11.5 Å². The average Bonchev–Trinajstić information content (AvgIpc) is 2.87. The molecule has 0 radical (unpaired) electrons. The smallest absolute Gasteiger partial charge is 0.0400 e. The van der Waals surface area contributed by atoms with Crippen LogP contribution in [0.25, 0.3) is 33.4 Å². The molecule has 0 heterocycles. The second-order valence-corrected chi connectivity index (χ2v) is 9.18. The SMILES string of the molecule is CCCCc1ccc(-c2c(N)ccc(-c3ccc(N)cc3)c2-c2ccc(CCCC)cc2)cc1. The van der Waals surface area contributed by atoms with Gasteiger partial charge < -0.3 is 11.5 Å². The molecular weight excluding hydrogens is 412 g/mol. The third-order valence-corrected chi connectivity index (χ3v) is 6.58. The van der Waals surface area contributed by atoms with Crippen LogP contribution in [0, 0.1) is 0 Å². The molecule has 2 heteroatoms. The van der Waals surface area contributed by atoms with Crippen molar-refractivity contribution in [1.82, 2.24) is 0 Å². The van der Waals surface area contributed by atoms with E-state index >= 15 is 0 Å². The van der Waals surface area contributed by atoms with Gasteiger partial charge in [-0.25, -0.2) is 0 Å². The second-order valence-electron chi connectivity index (χ2n) is 9.18. The van der Waals surface area contributed by atoms with Crippen LogP contribution in [-0.2, 0) is 12.8 Å². The third kappa shape index (κ3) is 5.34. The van der Waals surface area contributed by atoms with Crippen LogP contribution in [0.5, 0.6) is 0 Å². The Kier molecular flexibility index (Phi) is 7.69. The molecule has 0 saturated carbocycles. The Morgan fingerprint density at radius 2 is 0.971 bits per heavy atom. The molecule has 0 aromatic heterocycles. The molecule has 174 valence electrons. The summed E-state index contributed by atoms with van der Waals surface area (Å²) in [5, 5.41) is 0. The van der Waals surface area contributed by atoms with Gasteiger partial charge in [-0.2, -0.15) is 0 Å². The van der Waals surface area contributed by atoms with Gasteiger partial charge in [0.2, 0.25) is 0 Å². The molecule has 0 spiro atoms. The molecule has 2 nitrogen and oxygen atoms in total. The lowest BCUT2D eigenvalue weighted by Gasteiger charge is -2.19. The number of rotatable bonds is 9. The average molecular weight is 449 g/mol. The number of hydrogen-bond acceptors (Lipinski definition) is 2. The molecule has 4 aromatic carbocycles. The van der Waals surface area contributed by atoms with E-state index in [1.807, 2.05) is 18.2 Å². The zero-order chi connectivity index (χ0) is 23.9. The van der Waals surface area contributed by atoms with Crippen molar-refractivity contribution in [2.24, 2.45) is 0 Å². The van der Waals surface area contributed by atoms with Gasteiger partial charge in [0.1, 0.15) is 0 Å². The van der Waals surface area contributed by atoms with E-state index in [9.17, 15) is 0 Å². The summed E-state index contributed by atoms with van der Waals surface area (Å²) < 4.78 is 0. The second kappa shape index (κ2) is 11.1. The molecular formula is C32H36N2. The number of nitrogen functional groups attached to an aromatic ring is 2. The highest BCUT2D eigenvalue weighted by Crippen LogP contribution is 2.43. The fraction of sp³-hybridized carbons (Fsp3) is 0.250. The Labute approximate surface area is 204 Å². The summed E-state index contributed by atoms with van der Waals surface area (Å²) in [6.45, 7) is 4.47. The first kappa shape index (κ1) is 23.6. The minimum atomic E-state index is 0.768. The largest absolute Gasteiger partial charge is 0.399 e. The highest BCUT2D eigenvalue weighted by Gasteiger charge is 2.17. The first-order chi connectivity index (χ1) is 16.6. The number of unbranched alkanes of at least 4 members (excludes halogenated alkanes) is 2. The Balaban J connectivity index is 1.86. The summed E-state index contributed by atoms with van der Waals surface area (Å²) in [4.78, 5) is 0. The van der Waals surface area contributed by atoms with Crippen molar-refractivity contribution in [3.8, 4) is 33.4 Å². The van der Waals surface area contributed by atoms with Crippen molar-refractivity contribution in [1.29, 1.82) is 0 Å². The Morgan fingerprint density at radius 3 is 1.47 bits per heavy atom. The number of benzene rings is 4. The van der Waals surface area contributed by atoms with Gasteiger partial charge in [0.05, 0.1) is 0 Å². The fourth-order valence-electron chi connectivity index (χ4n) is 4.57. The van der Waals surface area contributed by atoms with Gasteiger partial charge in [0.15, 0.2) is 0 Å². The Morgan fingerprint density at radius 1 is 0.500 bits per heavy atom. The highest BCUT2D eigenvalue weighted by atomic mass is 14.6. The number of aryl methyl sites for hydroxylation is 2. The lowest BCUT2D eigenvalue weighted by atomic mass is 9.86. The van der Waals surface area contributed by atoms with Gasteiger partial charge in [0.25, 0.3) is 0 Å². The zero-order valence-corrected chi connectivity index (χ0v) is 20.5. The predicted octanol–water partition coefficient (Wildman–Crippen LogP) is 8.54. The molecule has 0 amide bonds. The molecule has 4 N–H and O–H groups in total. The van der Waals surface area contributed by atoms with Gasteiger partial charge in [0, 0.05) is 16.9 Å². The molecule has 4 rings (SSSR count). The Hall–Kier alpha value is -3.52. The quantitative estimate of drug-likeness (QED) is 0.252. The van der Waals surface area contributed by atoms with Gasteiger partial charge in [-0.05, 0) is 82.8 Å². The van der Waals surface area contributed by atoms with Crippen LogP contribution in [0.2, 0.25) is 0 Å². The van der Waals surface area contributed by atoms with Gasteiger partial charge in [-0.15, -0.1) is 0 Å². The van der Waals surface area contributed by atoms with E-state index in [1.165, 1.54) is 53.5 Å². The van der Waals surface area contributed by atoms with E-state index < -0.39 is 0 Å². The van der Waals surface area contributed by atoms with Crippen LogP contribution in [-0.4, -0.2) is 0 Å². The summed E-state index contributed by atoms with van der Waals surface area (Å²) in [5.74, 6) is 0. The maximum Gasteiger partial charge on any atom is 0.0400 e. The van der Waals surface area contributed by atoms with E-state index in [0.29, 0.717) is 0 Å². The van der Waals surface area contributed by atoms with Crippen molar-refractivity contribution in [3.63, 3.8) is 0 Å². The van der Waals surface area contributed by atoms with Crippen molar-refractivity contribution >= 4 is 11.4 Å².